The molecule has 0 amide bonds. The van der Waals surface area contributed by atoms with E-state index in [-0.39, 0.29) is 0 Å². The van der Waals surface area contributed by atoms with Crippen molar-refractivity contribution < 1.29 is 0 Å². The van der Waals surface area contributed by atoms with Gasteiger partial charge in [0.05, 0.1) is 0 Å². The highest BCUT2D eigenvalue weighted by Crippen LogP contribution is 1.93. The first-order chi connectivity index (χ1) is 6.91. The number of hydrogen-bond acceptors (Lipinski definition) is 0. The SMILES string of the molecule is [CH2]C=CCC=CCC=CCC=CC=C. The summed E-state index contributed by atoms with van der Waals surface area (Å²) in [6.07, 6.45) is 21.3. The van der Waals surface area contributed by atoms with Crippen LogP contribution < -0.4 is 0 Å². The summed E-state index contributed by atoms with van der Waals surface area (Å²) in [4.78, 5) is 0. The van der Waals surface area contributed by atoms with Crippen molar-refractivity contribution in [2.45, 2.75) is 19.3 Å². The zero-order valence-corrected chi connectivity index (χ0v) is 8.73. The van der Waals surface area contributed by atoms with Gasteiger partial charge in [0.25, 0.3) is 0 Å². The number of allylic oxidation sites excluding steroid dienone is 9. The molecule has 0 saturated heterocycles. The minimum absolute atomic E-state index is 0.980. The standard InChI is InChI=1S/C14H19/c1-3-5-7-9-11-13-14-12-10-8-6-4-2/h3-7,10-13H,1-2,8-9,14H2. The van der Waals surface area contributed by atoms with E-state index in [1.54, 1.807) is 6.08 Å². The van der Waals surface area contributed by atoms with E-state index in [1.165, 1.54) is 0 Å². The third kappa shape index (κ3) is 10.7. The minimum atomic E-state index is 0.980. The van der Waals surface area contributed by atoms with E-state index in [0.717, 1.165) is 19.3 Å². The Labute approximate surface area is 88.0 Å². The highest BCUT2D eigenvalue weighted by molar-refractivity contribution is 5.03. The van der Waals surface area contributed by atoms with E-state index in [9.17, 15) is 0 Å². The lowest BCUT2D eigenvalue weighted by molar-refractivity contribution is 1.28. The van der Waals surface area contributed by atoms with E-state index in [2.05, 4.69) is 43.9 Å². The Balaban J connectivity index is 3.38. The summed E-state index contributed by atoms with van der Waals surface area (Å²) in [7, 11) is 0. The van der Waals surface area contributed by atoms with Crippen molar-refractivity contribution in [3.8, 4) is 0 Å². The largest absolute Gasteiger partial charge is 0.0991 e. The monoisotopic (exact) mass is 187 g/mol. The second-order valence-corrected chi connectivity index (χ2v) is 2.79. The molecule has 0 bridgehead atoms. The van der Waals surface area contributed by atoms with Crippen LogP contribution in [0.3, 0.4) is 0 Å². The maximum atomic E-state index is 3.62. The lowest BCUT2D eigenvalue weighted by atomic mass is 10.2. The van der Waals surface area contributed by atoms with Gasteiger partial charge < -0.3 is 0 Å². The average Bonchev–Trinajstić information content (AvgIpc) is 2.21. The molecule has 0 saturated carbocycles. The zero-order valence-electron chi connectivity index (χ0n) is 8.73. The van der Waals surface area contributed by atoms with Crippen LogP contribution in [0.4, 0.5) is 0 Å². The highest BCUT2D eigenvalue weighted by Gasteiger charge is 1.72. The van der Waals surface area contributed by atoms with Crippen molar-refractivity contribution in [3.63, 3.8) is 0 Å². The van der Waals surface area contributed by atoms with Crippen molar-refractivity contribution in [1.29, 1.82) is 0 Å². The van der Waals surface area contributed by atoms with E-state index in [0.29, 0.717) is 0 Å². The molecule has 0 aliphatic carbocycles. The minimum Gasteiger partial charge on any atom is -0.0991 e. The van der Waals surface area contributed by atoms with Crippen LogP contribution in [-0.2, 0) is 0 Å². The average molecular weight is 187 g/mol. The van der Waals surface area contributed by atoms with Gasteiger partial charge in [-0.3, -0.25) is 0 Å². The van der Waals surface area contributed by atoms with Crippen LogP contribution in [-0.4, -0.2) is 0 Å². The maximum Gasteiger partial charge on any atom is -0.0166 e. The van der Waals surface area contributed by atoms with Gasteiger partial charge in [-0.2, -0.15) is 0 Å². The fourth-order valence-electron chi connectivity index (χ4n) is 0.892. The van der Waals surface area contributed by atoms with Gasteiger partial charge in [0.1, 0.15) is 0 Å². The topological polar surface area (TPSA) is 0 Å². The molecule has 0 aromatic carbocycles. The van der Waals surface area contributed by atoms with E-state index in [4.69, 9.17) is 0 Å². The van der Waals surface area contributed by atoms with Crippen LogP contribution in [0.1, 0.15) is 19.3 Å². The molecule has 0 aromatic heterocycles. The van der Waals surface area contributed by atoms with Crippen LogP contribution in [0, 0.1) is 6.92 Å². The first-order valence-corrected chi connectivity index (χ1v) is 4.93. The van der Waals surface area contributed by atoms with Gasteiger partial charge in [0.15, 0.2) is 0 Å². The van der Waals surface area contributed by atoms with Gasteiger partial charge in [0, 0.05) is 0 Å². The lowest BCUT2D eigenvalue weighted by Crippen LogP contribution is -1.62. The summed E-state index contributed by atoms with van der Waals surface area (Å²) in [6.45, 7) is 7.22. The molecule has 0 rings (SSSR count). The van der Waals surface area contributed by atoms with Gasteiger partial charge in [0.2, 0.25) is 0 Å². The molecule has 0 heteroatoms. The molecule has 0 aromatic rings. The molecule has 0 heterocycles. The van der Waals surface area contributed by atoms with Crippen LogP contribution in [0.25, 0.3) is 0 Å². The quantitative estimate of drug-likeness (QED) is 0.409. The zero-order chi connectivity index (χ0) is 10.5. The Morgan fingerprint density at radius 3 is 1.71 bits per heavy atom. The molecular formula is C14H19. The van der Waals surface area contributed by atoms with Crippen molar-refractivity contribution in [2.75, 3.05) is 0 Å². The molecule has 0 nitrogen and oxygen atoms in total. The van der Waals surface area contributed by atoms with Crippen LogP contribution in [0.15, 0.2) is 61.3 Å². The summed E-state index contributed by atoms with van der Waals surface area (Å²) in [6, 6.07) is 0. The number of rotatable bonds is 7. The predicted molar refractivity (Wildman–Crippen MR) is 66.0 cm³/mol. The molecule has 0 fully saturated rings. The summed E-state index contributed by atoms with van der Waals surface area (Å²) >= 11 is 0. The van der Waals surface area contributed by atoms with Crippen LogP contribution in [0.2, 0.25) is 0 Å². The van der Waals surface area contributed by atoms with Gasteiger partial charge in [-0.1, -0.05) is 61.3 Å². The fourth-order valence-corrected chi connectivity index (χ4v) is 0.892. The second kappa shape index (κ2) is 11.7. The third-order valence-corrected chi connectivity index (χ3v) is 1.59. The summed E-state index contributed by atoms with van der Waals surface area (Å²) in [5.41, 5.74) is 0. The Hall–Kier alpha value is -1.30. The Morgan fingerprint density at radius 2 is 1.21 bits per heavy atom. The summed E-state index contributed by atoms with van der Waals surface area (Å²) < 4.78 is 0. The van der Waals surface area contributed by atoms with Crippen molar-refractivity contribution in [2.24, 2.45) is 0 Å². The van der Waals surface area contributed by atoms with Gasteiger partial charge in [-0.05, 0) is 26.2 Å². The first-order valence-electron chi connectivity index (χ1n) is 4.93. The molecule has 0 unspecified atom stereocenters. The Bertz CT molecular complexity index is 226. The second-order valence-electron chi connectivity index (χ2n) is 2.79. The van der Waals surface area contributed by atoms with Crippen LogP contribution in [0.5, 0.6) is 0 Å². The number of hydrogen-bond donors (Lipinski definition) is 0. The molecule has 0 spiro atoms. The maximum absolute atomic E-state index is 3.62. The highest BCUT2D eigenvalue weighted by atomic mass is 13.8. The van der Waals surface area contributed by atoms with E-state index < -0.39 is 0 Å². The van der Waals surface area contributed by atoms with Gasteiger partial charge >= 0.3 is 0 Å². The molecule has 75 valence electrons. The Kier molecular flexibility index (Phi) is 10.6. The first kappa shape index (κ1) is 12.7. The van der Waals surface area contributed by atoms with E-state index in [1.807, 2.05) is 18.2 Å². The fraction of sp³-hybridized carbons (Fsp3) is 0.214. The molecular weight excluding hydrogens is 168 g/mol. The lowest BCUT2D eigenvalue weighted by Gasteiger charge is -1.83. The molecule has 14 heavy (non-hydrogen) atoms. The molecule has 0 atom stereocenters. The Morgan fingerprint density at radius 1 is 0.714 bits per heavy atom. The molecule has 0 N–H and O–H groups in total. The molecule has 1 radical (unpaired) electrons. The van der Waals surface area contributed by atoms with E-state index >= 15 is 0 Å². The summed E-state index contributed by atoms with van der Waals surface area (Å²) in [5, 5.41) is 0. The van der Waals surface area contributed by atoms with Crippen LogP contribution >= 0.6 is 0 Å². The molecule has 0 aliphatic heterocycles. The smallest absolute Gasteiger partial charge is 0.0166 e. The summed E-state index contributed by atoms with van der Waals surface area (Å²) in [5.74, 6) is 0. The molecule has 0 aliphatic rings. The normalized spacial score (nSPS) is 12.6. The third-order valence-electron chi connectivity index (χ3n) is 1.59. The van der Waals surface area contributed by atoms with Crippen molar-refractivity contribution in [3.05, 3.63) is 68.2 Å². The predicted octanol–water partition coefficient (Wildman–Crippen LogP) is 4.40. The van der Waals surface area contributed by atoms with Crippen molar-refractivity contribution >= 4 is 0 Å². The van der Waals surface area contributed by atoms with Gasteiger partial charge in [-0.15, -0.1) is 0 Å². The van der Waals surface area contributed by atoms with Crippen molar-refractivity contribution in [1.82, 2.24) is 0 Å². The van der Waals surface area contributed by atoms with Gasteiger partial charge in [-0.25, -0.2) is 0 Å².